The van der Waals surface area contributed by atoms with E-state index in [-0.39, 0.29) is 24.3 Å². The van der Waals surface area contributed by atoms with Crippen molar-refractivity contribution >= 4 is 17.6 Å². The van der Waals surface area contributed by atoms with E-state index >= 15 is 0 Å². The summed E-state index contributed by atoms with van der Waals surface area (Å²) in [4.78, 5) is 32.3. The number of carbonyl (C=O) groups excluding carboxylic acids is 2. The van der Waals surface area contributed by atoms with E-state index < -0.39 is 0 Å². The summed E-state index contributed by atoms with van der Waals surface area (Å²) in [6.07, 6.45) is 3.78. The van der Waals surface area contributed by atoms with Crippen LogP contribution in [0.25, 0.3) is 11.3 Å². The van der Waals surface area contributed by atoms with E-state index in [4.69, 9.17) is 4.74 Å². The summed E-state index contributed by atoms with van der Waals surface area (Å²) >= 11 is 0. The third kappa shape index (κ3) is 6.13. The van der Waals surface area contributed by atoms with E-state index in [0.29, 0.717) is 26.2 Å². The highest BCUT2D eigenvalue weighted by Gasteiger charge is 2.31. The summed E-state index contributed by atoms with van der Waals surface area (Å²) in [6, 6.07) is 21.6. The van der Waals surface area contributed by atoms with Crippen molar-refractivity contribution in [3.05, 3.63) is 72.3 Å². The van der Waals surface area contributed by atoms with Crippen LogP contribution in [0.4, 0.5) is 5.82 Å². The van der Waals surface area contributed by atoms with Crippen LogP contribution in [0.3, 0.4) is 0 Å². The molecule has 38 heavy (non-hydrogen) atoms. The van der Waals surface area contributed by atoms with Gasteiger partial charge in [-0.3, -0.25) is 9.59 Å². The second-order valence-electron chi connectivity index (χ2n) is 10.0. The normalized spacial score (nSPS) is 15.9. The van der Waals surface area contributed by atoms with Gasteiger partial charge < -0.3 is 19.4 Å². The molecule has 198 valence electrons. The lowest BCUT2D eigenvalue weighted by molar-refractivity contribution is -0.145. The number of anilines is 1. The number of nitrogens with zero attached hydrogens (tertiary/aromatic N) is 5. The fourth-order valence-electron chi connectivity index (χ4n) is 5.00. The smallest absolute Gasteiger partial charge is 0.242 e. The van der Waals surface area contributed by atoms with Crippen molar-refractivity contribution < 1.29 is 14.3 Å². The summed E-state index contributed by atoms with van der Waals surface area (Å²) in [5.41, 5.74) is 2.83. The van der Waals surface area contributed by atoms with Crippen molar-refractivity contribution in [2.75, 3.05) is 44.7 Å². The third-order valence-electron chi connectivity index (χ3n) is 7.52. The zero-order valence-corrected chi connectivity index (χ0v) is 22.0. The number of aromatic nitrogens is 2. The Labute approximate surface area is 224 Å². The van der Waals surface area contributed by atoms with Gasteiger partial charge in [0.2, 0.25) is 11.8 Å². The highest BCUT2D eigenvalue weighted by Crippen LogP contribution is 2.29. The van der Waals surface area contributed by atoms with Crippen LogP contribution in [-0.4, -0.2) is 71.6 Å². The Morgan fingerprint density at radius 1 is 0.895 bits per heavy atom. The van der Waals surface area contributed by atoms with E-state index in [1.165, 1.54) is 0 Å². The molecule has 0 radical (unpaired) electrons. The molecule has 0 atom stereocenters. The molecule has 2 aliphatic rings. The number of amides is 2. The average molecular weight is 514 g/mol. The summed E-state index contributed by atoms with van der Waals surface area (Å²) in [6.45, 7) is 3.34. The van der Waals surface area contributed by atoms with Gasteiger partial charge in [0, 0.05) is 44.2 Å². The van der Waals surface area contributed by atoms with Crippen LogP contribution >= 0.6 is 0 Å². The molecule has 2 fully saturated rings. The largest absolute Gasteiger partial charge is 0.497 e. The molecule has 0 bridgehead atoms. The second kappa shape index (κ2) is 12.1. The standard InChI is InChI=1S/C30H35N5O3/c1-38-26-13-11-24(12-14-26)27-15-16-28(32-31-27)33-17-6-18-34(20-19-33)29(36)22-35(30(37)25-9-5-10-25)21-23-7-3-2-4-8-23/h2-4,7-8,11-16,25H,5-6,9-10,17-22H2,1H3. The minimum Gasteiger partial charge on any atom is -0.497 e. The van der Waals surface area contributed by atoms with Gasteiger partial charge in [0.15, 0.2) is 5.82 Å². The fraction of sp³-hybridized carbons (Fsp3) is 0.400. The Kier molecular flexibility index (Phi) is 8.16. The van der Waals surface area contributed by atoms with Gasteiger partial charge in [0.25, 0.3) is 0 Å². The lowest BCUT2D eigenvalue weighted by Crippen LogP contribution is -2.46. The zero-order chi connectivity index (χ0) is 26.3. The molecule has 0 spiro atoms. The monoisotopic (exact) mass is 513 g/mol. The summed E-state index contributed by atoms with van der Waals surface area (Å²) in [7, 11) is 1.65. The van der Waals surface area contributed by atoms with Gasteiger partial charge in [-0.15, -0.1) is 10.2 Å². The Morgan fingerprint density at radius 3 is 2.34 bits per heavy atom. The molecule has 2 heterocycles. The van der Waals surface area contributed by atoms with Gasteiger partial charge in [-0.25, -0.2) is 0 Å². The number of benzene rings is 2. The fourth-order valence-corrected chi connectivity index (χ4v) is 5.00. The number of ether oxygens (including phenoxy) is 1. The molecular formula is C30H35N5O3. The van der Waals surface area contributed by atoms with Gasteiger partial charge in [-0.2, -0.15) is 0 Å². The Balaban J connectivity index is 1.20. The Hall–Kier alpha value is -3.94. The summed E-state index contributed by atoms with van der Waals surface area (Å²) in [5, 5.41) is 8.91. The number of hydrogen-bond donors (Lipinski definition) is 0. The number of rotatable bonds is 8. The van der Waals surface area contributed by atoms with Gasteiger partial charge >= 0.3 is 0 Å². The molecule has 1 aliphatic heterocycles. The molecule has 1 saturated heterocycles. The minimum atomic E-state index is 0.0105. The number of carbonyl (C=O) groups is 2. The Morgan fingerprint density at radius 2 is 1.68 bits per heavy atom. The summed E-state index contributed by atoms with van der Waals surface area (Å²) < 4.78 is 5.23. The van der Waals surface area contributed by atoms with Crippen molar-refractivity contribution in [2.24, 2.45) is 5.92 Å². The van der Waals surface area contributed by atoms with Crippen LogP contribution in [0.2, 0.25) is 0 Å². The van der Waals surface area contributed by atoms with Crippen LogP contribution in [0.1, 0.15) is 31.2 Å². The molecule has 2 aromatic carbocycles. The molecule has 3 aromatic rings. The van der Waals surface area contributed by atoms with Gasteiger partial charge in [0.05, 0.1) is 12.8 Å². The molecule has 2 amide bonds. The molecular weight excluding hydrogens is 478 g/mol. The van der Waals surface area contributed by atoms with E-state index in [0.717, 1.165) is 60.6 Å². The first-order chi connectivity index (χ1) is 18.6. The first-order valence-corrected chi connectivity index (χ1v) is 13.4. The predicted molar refractivity (Wildman–Crippen MR) is 147 cm³/mol. The minimum absolute atomic E-state index is 0.0105. The zero-order valence-electron chi connectivity index (χ0n) is 22.0. The quantitative estimate of drug-likeness (QED) is 0.453. The third-order valence-corrected chi connectivity index (χ3v) is 7.52. The lowest BCUT2D eigenvalue weighted by Gasteiger charge is -2.33. The maximum absolute atomic E-state index is 13.4. The van der Waals surface area contributed by atoms with Crippen molar-refractivity contribution in [3.63, 3.8) is 0 Å². The molecule has 1 saturated carbocycles. The van der Waals surface area contributed by atoms with Crippen LogP contribution in [0.15, 0.2) is 66.7 Å². The van der Waals surface area contributed by atoms with Crippen LogP contribution < -0.4 is 9.64 Å². The first kappa shape index (κ1) is 25.7. The molecule has 8 heteroatoms. The van der Waals surface area contributed by atoms with E-state index in [1.807, 2.05) is 71.6 Å². The topological polar surface area (TPSA) is 78.9 Å². The maximum atomic E-state index is 13.4. The molecule has 0 N–H and O–H groups in total. The van der Waals surface area contributed by atoms with Crippen LogP contribution in [0, 0.1) is 5.92 Å². The number of methoxy groups -OCH3 is 1. The van der Waals surface area contributed by atoms with Crippen molar-refractivity contribution in [1.82, 2.24) is 20.0 Å². The second-order valence-corrected chi connectivity index (χ2v) is 10.0. The molecule has 0 unspecified atom stereocenters. The van der Waals surface area contributed by atoms with Crippen molar-refractivity contribution in [1.29, 1.82) is 0 Å². The van der Waals surface area contributed by atoms with Crippen LogP contribution in [0.5, 0.6) is 5.75 Å². The maximum Gasteiger partial charge on any atom is 0.242 e. The SMILES string of the molecule is COc1ccc(-c2ccc(N3CCCN(C(=O)CN(Cc4ccccc4)C(=O)C4CCC4)CC3)nn2)cc1. The Bertz CT molecular complexity index is 1210. The van der Waals surface area contributed by atoms with E-state index in [9.17, 15) is 9.59 Å². The van der Waals surface area contributed by atoms with E-state index in [2.05, 4.69) is 15.1 Å². The lowest BCUT2D eigenvalue weighted by atomic mass is 9.84. The van der Waals surface area contributed by atoms with Crippen molar-refractivity contribution in [3.8, 4) is 17.0 Å². The molecule has 5 rings (SSSR count). The van der Waals surface area contributed by atoms with Gasteiger partial charge in [-0.05, 0) is 61.2 Å². The van der Waals surface area contributed by atoms with Gasteiger partial charge in [-0.1, -0.05) is 36.8 Å². The summed E-state index contributed by atoms with van der Waals surface area (Å²) in [5.74, 6) is 1.79. The molecule has 8 nitrogen and oxygen atoms in total. The average Bonchev–Trinajstić information content (AvgIpc) is 3.19. The van der Waals surface area contributed by atoms with Gasteiger partial charge in [0.1, 0.15) is 12.3 Å². The molecule has 1 aromatic heterocycles. The predicted octanol–water partition coefficient (Wildman–Crippen LogP) is 4.02. The highest BCUT2D eigenvalue weighted by molar-refractivity contribution is 5.86. The first-order valence-electron chi connectivity index (χ1n) is 13.4. The van der Waals surface area contributed by atoms with E-state index in [1.54, 1.807) is 12.0 Å². The van der Waals surface area contributed by atoms with Crippen molar-refractivity contribution in [2.45, 2.75) is 32.2 Å². The van der Waals surface area contributed by atoms with Crippen LogP contribution in [-0.2, 0) is 16.1 Å². The number of hydrogen-bond acceptors (Lipinski definition) is 6. The molecule has 1 aliphatic carbocycles. The highest BCUT2D eigenvalue weighted by atomic mass is 16.5.